The first-order valence-corrected chi connectivity index (χ1v) is 8.47. The van der Waals surface area contributed by atoms with Crippen LogP contribution >= 0.6 is 0 Å². The molecular weight excluding hydrogens is 326 g/mol. The summed E-state index contributed by atoms with van der Waals surface area (Å²) in [6.45, 7) is 2.36. The number of pyridine rings is 1. The predicted molar refractivity (Wildman–Crippen MR) is 91.5 cm³/mol. The van der Waals surface area contributed by atoms with Gasteiger partial charge in [0.05, 0.1) is 13.7 Å². The maximum atomic E-state index is 11.2. The molecule has 1 aliphatic carbocycles. The van der Waals surface area contributed by atoms with Crippen LogP contribution in [0.1, 0.15) is 31.2 Å². The Balaban J connectivity index is 1.91. The van der Waals surface area contributed by atoms with Crippen LogP contribution in [-0.4, -0.2) is 58.6 Å². The molecule has 1 aromatic heterocycles. The van der Waals surface area contributed by atoms with Crippen LogP contribution in [0.15, 0.2) is 18.3 Å². The summed E-state index contributed by atoms with van der Waals surface area (Å²) in [6.07, 6.45) is 2.08. The molecule has 1 aliphatic rings. The maximum absolute atomic E-state index is 11.2. The SMILES string of the molecule is COC(=O)CNC1CCC(CN(c2ccc(C)cn2)C(O)(O)O)CC1. The predicted octanol–water partition coefficient (Wildman–Crippen LogP) is 0.106. The zero-order valence-electron chi connectivity index (χ0n) is 14.7. The Bertz CT molecular complexity index is 550. The molecule has 140 valence electrons. The van der Waals surface area contributed by atoms with Crippen molar-refractivity contribution in [2.24, 2.45) is 5.92 Å². The molecule has 1 saturated carbocycles. The molecule has 0 unspecified atom stereocenters. The van der Waals surface area contributed by atoms with Gasteiger partial charge in [0.2, 0.25) is 0 Å². The van der Waals surface area contributed by atoms with Crippen LogP contribution in [0, 0.1) is 12.8 Å². The summed E-state index contributed by atoms with van der Waals surface area (Å²) in [5.74, 6) is 0.207. The molecule has 0 aliphatic heterocycles. The number of rotatable bonds is 7. The minimum absolute atomic E-state index is 0.185. The molecule has 2 rings (SSSR count). The third-order valence-electron chi connectivity index (χ3n) is 4.58. The number of methoxy groups -OCH3 is 1. The Kier molecular flexibility index (Phi) is 6.71. The van der Waals surface area contributed by atoms with Gasteiger partial charge in [0, 0.05) is 18.8 Å². The first-order valence-electron chi connectivity index (χ1n) is 8.47. The van der Waals surface area contributed by atoms with E-state index in [1.165, 1.54) is 7.11 Å². The van der Waals surface area contributed by atoms with Crippen LogP contribution in [0.4, 0.5) is 5.82 Å². The van der Waals surface area contributed by atoms with Gasteiger partial charge in [-0.05, 0) is 50.2 Å². The zero-order chi connectivity index (χ0) is 18.4. The average Bonchev–Trinajstić information content (AvgIpc) is 2.58. The highest BCUT2D eigenvalue weighted by Gasteiger charge is 2.33. The highest BCUT2D eigenvalue weighted by molar-refractivity contribution is 5.71. The fraction of sp³-hybridized carbons (Fsp3) is 0.647. The van der Waals surface area contributed by atoms with Gasteiger partial charge < -0.3 is 25.4 Å². The van der Waals surface area contributed by atoms with Crippen LogP contribution in [-0.2, 0) is 9.53 Å². The molecule has 0 amide bonds. The first-order chi connectivity index (χ1) is 11.8. The largest absolute Gasteiger partial charge is 0.468 e. The Morgan fingerprint density at radius 3 is 2.52 bits per heavy atom. The number of nitrogens with zero attached hydrogens (tertiary/aromatic N) is 2. The Labute approximate surface area is 147 Å². The van der Waals surface area contributed by atoms with E-state index in [1.807, 2.05) is 6.92 Å². The van der Waals surface area contributed by atoms with Crippen molar-refractivity contribution in [2.45, 2.75) is 44.7 Å². The van der Waals surface area contributed by atoms with Crippen molar-refractivity contribution in [1.82, 2.24) is 10.3 Å². The van der Waals surface area contributed by atoms with Crippen molar-refractivity contribution in [3.8, 4) is 0 Å². The molecule has 0 aromatic carbocycles. The summed E-state index contributed by atoms with van der Waals surface area (Å²) in [5.41, 5.74) is 0.945. The van der Waals surface area contributed by atoms with Crippen LogP contribution < -0.4 is 10.2 Å². The number of carbonyl (C=O) groups is 1. The maximum Gasteiger partial charge on any atom is 0.370 e. The van der Waals surface area contributed by atoms with E-state index in [-0.39, 0.29) is 31.0 Å². The van der Waals surface area contributed by atoms with Crippen molar-refractivity contribution in [2.75, 3.05) is 25.1 Å². The lowest BCUT2D eigenvalue weighted by molar-refractivity contribution is -0.311. The number of aliphatic hydroxyl groups is 3. The van der Waals surface area contributed by atoms with Crippen molar-refractivity contribution in [3.63, 3.8) is 0 Å². The highest BCUT2D eigenvalue weighted by Crippen LogP contribution is 2.28. The molecule has 0 saturated heterocycles. The lowest BCUT2D eigenvalue weighted by Crippen LogP contribution is -2.52. The van der Waals surface area contributed by atoms with Gasteiger partial charge in [-0.25, -0.2) is 4.98 Å². The third kappa shape index (κ3) is 5.93. The normalized spacial score (nSPS) is 21.0. The molecule has 1 heterocycles. The molecular formula is C17H27N3O5. The summed E-state index contributed by atoms with van der Waals surface area (Å²) < 4.78 is 4.61. The van der Waals surface area contributed by atoms with Crippen LogP contribution in [0.5, 0.6) is 0 Å². The number of hydrogen-bond donors (Lipinski definition) is 4. The minimum atomic E-state index is -2.96. The van der Waals surface area contributed by atoms with E-state index in [2.05, 4.69) is 15.0 Å². The summed E-state index contributed by atoms with van der Waals surface area (Å²) in [4.78, 5) is 16.4. The van der Waals surface area contributed by atoms with E-state index in [9.17, 15) is 20.1 Å². The van der Waals surface area contributed by atoms with Gasteiger partial charge in [-0.1, -0.05) is 6.07 Å². The van der Waals surface area contributed by atoms with Gasteiger partial charge in [0.15, 0.2) is 0 Å². The average molecular weight is 353 g/mol. The van der Waals surface area contributed by atoms with E-state index in [0.29, 0.717) is 5.82 Å². The fourth-order valence-electron chi connectivity index (χ4n) is 3.10. The number of ether oxygens (including phenoxy) is 1. The molecule has 0 spiro atoms. The van der Waals surface area contributed by atoms with Crippen LogP contribution in [0.3, 0.4) is 0 Å². The summed E-state index contributed by atoms with van der Waals surface area (Å²) >= 11 is 0. The summed E-state index contributed by atoms with van der Waals surface area (Å²) in [5, 5.41) is 32.2. The van der Waals surface area contributed by atoms with Gasteiger partial charge in [0.25, 0.3) is 0 Å². The van der Waals surface area contributed by atoms with E-state index in [1.54, 1.807) is 18.3 Å². The van der Waals surface area contributed by atoms with E-state index in [0.717, 1.165) is 36.1 Å². The Hall–Kier alpha value is -1.74. The van der Waals surface area contributed by atoms with Gasteiger partial charge in [-0.2, -0.15) is 0 Å². The molecule has 0 bridgehead atoms. The topological polar surface area (TPSA) is 115 Å². The molecule has 0 radical (unpaired) electrons. The molecule has 1 aromatic rings. The number of carbonyl (C=O) groups excluding carboxylic acids is 1. The Morgan fingerprint density at radius 1 is 1.32 bits per heavy atom. The molecule has 8 nitrogen and oxygen atoms in total. The minimum Gasteiger partial charge on any atom is -0.468 e. The molecule has 25 heavy (non-hydrogen) atoms. The van der Waals surface area contributed by atoms with Crippen LogP contribution in [0.25, 0.3) is 0 Å². The quantitative estimate of drug-likeness (QED) is 0.403. The van der Waals surface area contributed by atoms with Gasteiger partial charge in [-0.15, -0.1) is 0 Å². The van der Waals surface area contributed by atoms with Crippen molar-refractivity contribution >= 4 is 11.8 Å². The standard InChI is InChI=1S/C17H27N3O5/c1-12-3-8-15(19-9-12)20(17(22,23)24)11-13-4-6-14(7-5-13)18-10-16(21)25-2/h3,8-9,13-14,18,22-24H,4-7,10-11H2,1-2H3. The number of aryl methyl sites for hydroxylation is 1. The van der Waals surface area contributed by atoms with Crippen molar-refractivity contribution < 1.29 is 24.9 Å². The van der Waals surface area contributed by atoms with Gasteiger partial charge in [0.1, 0.15) is 5.82 Å². The molecule has 8 heteroatoms. The molecule has 4 N–H and O–H groups in total. The van der Waals surface area contributed by atoms with Crippen LogP contribution in [0.2, 0.25) is 0 Å². The monoisotopic (exact) mass is 353 g/mol. The molecule has 1 fully saturated rings. The highest BCUT2D eigenvalue weighted by atomic mass is 16.7. The van der Waals surface area contributed by atoms with Crippen molar-refractivity contribution in [1.29, 1.82) is 0 Å². The second-order valence-electron chi connectivity index (χ2n) is 6.58. The number of nitrogens with one attached hydrogen (secondary N) is 1. The lowest BCUT2D eigenvalue weighted by Gasteiger charge is -2.36. The lowest BCUT2D eigenvalue weighted by atomic mass is 9.85. The van der Waals surface area contributed by atoms with E-state index < -0.39 is 6.10 Å². The number of hydrogen-bond acceptors (Lipinski definition) is 8. The Morgan fingerprint density at radius 2 is 2.00 bits per heavy atom. The fourth-order valence-corrected chi connectivity index (χ4v) is 3.10. The first kappa shape index (κ1) is 19.6. The third-order valence-corrected chi connectivity index (χ3v) is 4.58. The number of aromatic nitrogens is 1. The summed E-state index contributed by atoms with van der Waals surface area (Å²) in [7, 11) is 1.36. The summed E-state index contributed by atoms with van der Waals surface area (Å²) in [6, 6.07) is 3.69. The second-order valence-corrected chi connectivity index (χ2v) is 6.58. The van der Waals surface area contributed by atoms with Gasteiger partial charge in [-0.3, -0.25) is 9.69 Å². The van der Waals surface area contributed by atoms with E-state index >= 15 is 0 Å². The number of anilines is 1. The second kappa shape index (κ2) is 8.57. The van der Waals surface area contributed by atoms with Crippen molar-refractivity contribution in [3.05, 3.63) is 23.9 Å². The zero-order valence-corrected chi connectivity index (χ0v) is 14.7. The smallest absolute Gasteiger partial charge is 0.370 e. The molecule has 0 atom stereocenters. The van der Waals surface area contributed by atoms with E-state index in [4.69, 9.17) is 0 Å². The number of esters is 1. The van der Waals surface area contributed by atoms with Gasteiger partial charge >= 0.3 is 12.1 Å².